The fourth-order valence-corrected chi connectivity index (χ4v) is 7.24. The Balaban J connectivity index is 1.39. The molecule has 0 atom stereocenters. The molecule has 0 unspecified atom stereocenters. The van der Waals surface area contributed by atoms with Gasteiger partial charge in [0.2, 0.25) is 0 Å². The molecule has 7 rings (SSSR count). The molecule has 220 valence electrons. The van der Waals surface area contributed by atoms with Gasteiger partial charge >= 0.3 is 0 Å². The first-order valence-corrected chi connectivity index (χ1v) is 15.5. The lowest BCUT2D eigenvalue weighted by molar-refractivity contribution is -0.113. The average Bonchev–Trinajstić information content (AvgIpc) is 3.42. The maximum atomic E-state index is 14.1. The second-order valence-corrected chi connectivity index (χ2v) is 12.5. The number of aromatic nitrogens is 4. The van der Waals surface area contributed by atoms with Crippen LogP contribution < -0.4 is 20.9 Å². The van der Waals surface area contributed by atoms with Crippen molar-refractivity contribution in [3.05, 3.63) is 121 Å². The van der Waals surface area contributed by atoms with E-state index < -0.39 is 5.91 Å². The summed E-state index contributed by atoms with van der Waals surface area (Å²) in [4.78, 5) is 50.6. The Morgan fingerprint density at radius 3 is 2.48 bits per heavy atom. The summed E-state index contributed by atoms with van der Waals surface area (Å²) in [6, 6.07) is 21.1. The molecule has 2 aromatic carbocycles. The van der Waals surface area contributed by atoms with Crippen LogP contribution in [0.3, 0.4) is 0 Å². The van der Waals surface area contributed by atoms with E-state index >= 15 is 0 Å². The molecule has 0 radical (unpaired) electrons. The molecule has 0 saturated carbocycles. The highest BCUT2D eigenvalue weighted by Gasteiger charge is 2.38. The molecular formula is C33H28N6O3S2. The number of thioether (sulfide) groups is 1. The van der Waals surface area contributed by atoms with Gasteiger partial charge in [0.15, 0.2) is 4.32 Å². The van der Waals surface area contributed by atoms with Gasteiger partial charge in [-0.3, -0.25) is 28.4 Å². The molecule has 2 aliphatic heterocycles. The fraction of sp³-hybridized carbons (Fsp3) is 0.182. The molecule has 0 spiro atoms. The van der Waals surface area contributed by atoms with Crippen molar-refractivity contribution in [1.82, 2.24) is 18.7 Å². The average molecular weight is 621 g/mol. The van der Waals surface area contributed by atoms with E-state index in [1.54, 1.807) is 37.0 Å². The van der Waals surface area contributed by atoms with Crippen molar-refractivity contribution in [3.63, 3.8) is 0 Å². The standard InChI is InChI=1S/C33H28N6O3S2/c1-20-11-9-18-37-28(20)34-29(36-17-10-13-22-12-7-8-16-25(22)36)24(30(37)40)19-26-31(41)38(33(43)44-26)27-21(2)35(3)39(32(27)42)23-14-5-4-6-15-23/h4-9,11-12,14-16,18-19H,10,13,17H2,1-3H3/b26-19+. The Bertz CT molecular complexity index is 2160. The molecule has 0 aliphatic carbocycles. The number of hydrogen-bond donors (Lipinski definition) is 0. The topological polar surface area (TPSA) is 84.8 Å². The van der Waals surface area contributed by atoms with Crippen LogP contribution in [0.1, 0.15) is 28.8 Å². The second-order valence-electron chi connectivity index (χ2n) is 10.9. The van der Waals surface area contributed by atoms with Crippen LogP contribution >= 0.6 is 24.0 Å². The van der Waals surface area contributed by atoms with E-state index in [-0.39, 0.29) is 31.6 Å². The van der Waals surface area contributed by atoms with Crippen LogP contribution in [-0.2, 0) is 18.3 Å². The Kier molecular flexibility index (Phi) is 6.86. The number of para-hydroxylation sites is 2. The van der Waals surface area contributed by atoms with Crippen LogP contribution in [0, 0.1) is 13.8 Å². The normalized spacial score (nSPS) is 15.9. The number of anilines is 3. The molecule has 1 saturated heterocycles. The van der Waals surface area contributed by atoms with E-state index in [1.807, 2.05) is 61.5 Å². The van der Waals surface area contributed by atoms with Gasteiger partial charge in [0.25, 0.3) is 17.0 Å². The maximum Gasteiger partial charge on any atom is 0.296 e. The first kappa shape index (κ1) is 28.1. The van der Waals surface area contributed by atoms with Crippen molar-refractivity contribution in [2.45, 2.75) is 26.7 Å². The summed E-state index contributed by atoms with van der Waals surface area (Å²) in [5.74, 6) is 0.0359. The molecule has 11 heteroatoms. The largest absolute Gasteiger partial charge is 0.325 e. The molecule has 5 heterocycles. The van der Waals surface area contributed by atoms with E-state index in [4.69, 9.17) is 17.2 Å². The van der Waals surface area contributed by atoms with Gasteiger partial charge in [-0.05, 0) is 68.2 Å². The van der Waals surface area contributed by atoms with E-state index in [0.717, 1.165) is 35.9 Å². The van der Waals surface area contributed by atoms with Crippen molar-refractivity contribution in [2.75, 3.05) is 16.3 Å². The molecule has 44 heavy (non-hydrogen) atoms. The minimum absolute atomic E-state index is 0.191. The molecule has 5 aromatic rings. The van der Waals surface area contributed by atoms with Gasteiger partial charge in [0, 0.05) is 25.5 Å². The predicted octanol–water partition coefficient (Wildman–Crippen LogP) is 5.29. The van der Waals surface area contributed by atoms with Crippen LogP contribution in [0.5, 0.6) is 0 Å². The monoisotopic (exact) mass is 620 g/mol. The minimum atomic E-state index is -0.454. The van der Waals surface area contributed by atoms with E-state index in [2.05, 4.69) is 11.0 Å². The van der Waals surface area contributed by atoms with Gasteiger partial charge in [0.1, 0.15) is 17.2 Å². The lowest BCUT2D eigenvalue weighted by Crippen LogP contribution is -2.33. The zero-order valence-corrected chi connectivity index (χ0v) is 26.0. The van der Waals surface area contributed by atoms with E-state index in [9.17, 15) is 14.4 Å². The number of benzene rings is 2. The zero-order chi connectivity index (χ0) is 30.7. The first-order valence-electron chi connectivity index (χ1n) is 14.3. The van der Waals surface area contributed by atoms with Crippen molar-refractivity contribution in [2.24, 2.45) is 7.05 Å². The summed E-state index contributed by atoms with van der Waals surface area (Å²) in [5.41, 5.74) is 4.69. The third-order valence-electron chi connectivity index (χ3n) is 8.25. The summed E-state index contributed by atoms with van der Waals surface area (Å²) < 4.78 is 4.97. The van der Waals surface area contributed by atoms with Crippen LogP contribution in [0.25, 0.3) is 17.4 Å². The summed E-state index contributed by atoms with van der Waals surface area (Å²) >= 11 is 6.75. The summed E-state index contributed by atoms with van der Waals surface area (Å²) in [6.45, 7) is 4.38. The SMILES string of the molecule is Cc1cccn2c(=O)c(/C=C3/SC(=S)N(c4c(C)n(C)n(-c5ccccc5)c4=O)C3=O)c(N3CCCc4ccccc43)nc12. The van der Waals surface area contributed by atoms with Crippen molar-refractivity contribution < 1.29 is 4.79 Å². The van der Waals surface area contributed by atoms with Crippen molar-refractivity contribution in [1.29, 1.82) is 0 Å². The maximum absolute atomic E-state index is 14.1. The van der Waals surface area contributed by atoms with E-state index in [0.29, 0.717) is 29.4 Å². The zero-order valence-electron chi connectivity index (χ0n) is 24.4. The quantitative estimate of drug-likeness (QED) is 0.199. The van der Waals surface area contributed by atoms with Gasteiger partial charge in [-0.2, -0.15) is 0 Å². The summed E-state index contributed by atoms with van der Waals surface area (Å²) in [7, 11) is 1.77. The van der Waals surface area contributed by atoms with Gasteiger partial charge < -0.3 is 4.90 Å². The lowest BCUT2D eigenvalue weighted by atomic mass is 10.0. The van der Waals surface area contributed by atoms with Crippen LogP contribution in [0.2, 0.25) is 0 Å². The third kappa shape index (κ3) is 4.34. The van der Waals surface area contributed by atoms with Gasteiger partial charge in [-0.25, -0.2) is 9.67 Å². The highest BCUT2D eigenvalue weighted by molar-refractivity contribution is 8.27. The first-order chi connectivity index (χ1) is 21.3. The van der Waals surface area contributed by atoms with Gasteiger partial charge in [0.05, 0.1) is 21.8 Å². The number of nitrogens with zero attached hydrogens (tertiary/aromatic N) is 6. The van der Waals surface area contributed by atoms with Crippen LogP contribution in [0.15, 0.2) is 87.4 Å². The number of thiocarbonyl (C=S) groups is 1. The second kappa shape index (κ2) is 10.8. The molecule has 1 fully saturated rings. The number of carbonyl (C=O) groups excluding carboxylic acids is 1. The molecular weight excluding hydrogens is 593 g/mol. The number of pyridine rings is 1. The molecule has 9 nitrogen and oxygen atoms in total. The van der Waals surface area contributed by atoms with Crippen LogP contribution in [-0.4, -0.2) is 35.5 Å². The Morgan fingerprint density at radius 2 is 1.68 bits per heavy atom. The molecule has 0 N–H and O–H groups in total. The lowest BCUT2D eigenvalue weighted by Gasteiger charge is -2.31. The van der Waals surface area contributed by atoms with E-state index in [1.165, 1.54) is 19.5 Å². The summed E-state index contributed by atoms with van der Waals surface area (Å²) in [5, 5.41) is 0. The van der Waals surface area contributed by atoms with Crippen molar-refractivity contribution in [3.8, 4) is 5.69 Å². The van der Waals surface area contributed by atoms with Crippen LogP contribution in [0.4, 0.5) is 17.2 Å². The van der Waals surface area contributed by atoms with Gasteiger partial charge in [-0.15, -0.1) is 0 Å². The minimum Gasteiger partial charge on any atom is -0.325 e. The number of aryl methyl sites for hydroxylation is 2. The molecule has 3 aromatic heterocycles. The number of hydrogen-bond acceptors (Lipinski definition) is 7. The predicted molar refractivity (Wildman–Crippen MR) is 179 cm³/mol. The van der Waals surface area contributed by atoms with Crippen molar-refractivity contribution >= 4 is 63.1 Å². The Morgan fingerprint density at radius 1 is 0.932 bits per heavy atom. The van der Waals surface area contributed by atoms with Gasteiger partial charge in [-0.1, -0.05) is 66.4 Å². The fourth-order valence-electron chi connectivity index (χ4n) is 5.99. The third-order valence-corrected chi connectivity index (χ3v) is 9.55. The Labute approximate surface area is 262 Å². The highest BCUT2D eigenvalue weighted by Crippen LogP contribution is 2.39. The number of amides is 1. The number of fused-ring (bicyclic) bond motifs is 2. The summed E-state index contributed by atoms with van der Waals surface area (Å²) in [6.07, 6.45) is 5.11. The number of carbonyl (C=O) groups is 1. The Hall–Kier alpha value is -4.74. The molecule has 1 amide bonds. The molecule has 2 aliphatic rings. The smallest absolute Gasteiger partial charge is 0.296 e. The highest BCUT2D eigenvalue weighted by atomic mass is 32.2. The number of rotatable bonds is 4. The molecule has 0 bridgehead atoms.